The highest BCUT2D eigenvalue weighted by Crippen LogP contribution is 2.45. The van der Waals surface area contributed by atoms with Crippen molar-refractivity contribution in [2.75, 3.05) is 6.61 Å². The van der Waals surface area contributed by atoms with Crippen molar-refractivity contribution in [3.8, 4) is 5.75 Å². The number of allylic oxidation sites excluding steroid dienone is 1. The van der Waals surface area contributed by atoms with Crippen molar-refractivity contribution < 1.29 is 9.53 Å². The summed E-state index contributed by atoms with van der Waals surface area (Å²) >= 11 is 6.03. The van der Waals surface area contributed by atoms with Crippen molar-refractivity contribution >= 4 is 29.0 Å². The lowest BCUT2D eigenvalue weighted by Crippen LogP contribution is -2.22. The van der Waals surface area contributed by atoms with E-state index in [1.54, 1.807) is 6.07 Å². The molecule has 0 radical (unpaired) electrons. The Bertz CT molecular complexity index is 786. The number of rotatable bonds is 2. The summed E-state index contributed by atoms with van der Waals surface area (Å²) in [4.78, 5) is 11.1. The Balaban J connectivity index is 2.26. The van der Waals surface area contributed by atoms with Gasteiger partial charge in [0.05, 0.1) is 6.61 Å². The fourth-order valence-corrected chi connectivity index (χ4v) is 3.36. The second-order valence-electron chi connectivity index (χ2n) is 6.55. The van der Waals surface area contributed by atoms with Crippen LogP contribution in [-0.2, 0) is 0 Å². The highest BCUT2D eigenvalue weighted by Gasteiger charge is 2.31. The molecule has 3 rings (SSSR count). The van der Waals surface area contributed by atoms with Crippen LogP contribution < -0.4 is 4.74 Å². The normalized spacial score (nSPS) is 16.3. The number of aldehydes is 1. The number of carbonyl (C=O) groups is 1. The van der Waals surface area contributed by atoms with Crippen LogP contribution in [0.25, 0.3) is 11.1 Å². The van der Waals surface area contributed by atoms with Crippen LogP contribution in [0.1, 0.15) is 42.3 Å². The minimum atomic E-state index is -0.154. The maximum atomic E-state index is 11.1. The van der Waals surface area contributed by atoms with Gasteiger partial charge in [0.15, 0.2) is 0 Å². The fraction of sp³-hybridized carbons (Fsp3) is 0.250. The van der Waals surface area contributed by atoms with Gasteiger partial charge in [-0.1, -0.05) is 37.6 Å². The number of fused-ring (bicyclic) bond motifs is 1. The average Bonchev–Trinajstić information content (AvgIpc) is 2.63. The smallest absolute Gasteiger partial charge is 0.150 e. The second kappa shape index (κ2) is 5.86. The van der Waals surface area contributed by atoms with E-state index < -0.39 is 0 Å². The molecule has 2 aromatic rings. The number of ether oxygens (including phenoxy) is 1. The van der Waals surface area contributed by atoms with Gasteiger partial charge in [0.1, 0.15) is 12.0 Å². The van der Waals surface area contributed by atoms with Gasteiger partial charge >= 0.3 is 0 Å². The van der Waals surface area contributed by atoms with Crippen LogP contribution in [0.5, 0.6) is 5.75 Å². The van der Waals surface area contributed by atoms with Crippen molar-refractivity contribution in [3.05, 3.63) is 64.2 Å². The highest BCUT2D eigenvalue weighted by molar-refractivity contribution is 6.30. The summed E-state index contributed by atoms with van der Waals surface area (Å²) < 4.78 is 6.03. The van der Waals surface area contributed by atoms with Gasteiger partial charge in [-0.05, 0) is 54.0 Å². The molecule has 0 aliphatic carbocycles. The van der Waals surface area contributed by atoms with Crippen LogP contribution in [0.4, 0.5) is 0 Å². The summed E-state index contributed by atoms with van der Waals surface area (Å²) in [5, 5.41) is 0.721. The predicted molar refractivity (Wildman–Crippen MR) is 95.0 cm³/mol. The first kappa shape index (κ1) is 15.8. The van der Waals surface area contributed by atoms with Gasteiger partial charge in [-0.25, -0.2) is 0 Å². The van der Waals surface area contributed by atoms with E-state index in [4.69, 9.17) is 16.3 Å². The molecular formula is C20H19ClO2. The van der Waals surface area contributed by atoms with Crippen LogP contribution >= 0.6 is 11.6 Å². The quantitative estimate of drug-likeness (QED) is 0.681. The zero-order valence-electron chi connectivity index (χ0n) is 13.5. The van der Waals surface area contributed by atoms with Crippen LogP contribution in [0, 0.1) is 5.41 Å². The summed E-state index contributed by atoms with van der Waals surface area (Å²) in [5.74, 6) is 0.824. The highest BCUT2D eigenvalue weighted by atomic mass is 35.5. The number of benzene rings is 2. The molecule has 3 heteroatoms. The molecule has 0 amide bonds. The first-order valence-corrected chi connectivity index (χ1v) is 8.00. The first-order valence-electron chi connectivity index (χ1n) is 7.62. The Morgan fingerprint density at radius 2 is 1.83 bits per heavy atom. The van der Waals surface area contributed by atoms with Gasteiger partial charge < -0.3 is 4.74 Å². The molecule has 23 heavy (non-hydrogen) atoms. The molecule has 2 aromatic carbocycles. The van der Waals surface area contributed by atoms with Gasteiger partial charge in [-0.15, -0.1) is 0 Å². The van der Waals surface area contributed by atoms with Crippen LogP contribution in [0.3, 0.4) is 0 Å². The molecule has 0 spiro atoms. The number of halogens is 1. The molecule has 0 N–H and O–H groups in total. The van der Waals surface area contributed by atoms with E-state index in [2.05, 4.69) is 20.8 Å². The lowest BCUT2D eigenvalue weighted by molar-refractivity contribution is 0.112. The topological polar surface area (TPSA) is 26.3 Å². The van der Waals surface area contributed by atoms with E-state index in [0.717, 1.165) is 33.8 Å². The van der Waals surface area contributed by atoms with E-state index >= 15 is 0 Å². The maximum Gasteiger partial charge on any atom is 0.150 e. The Kier molecular flexibility index (Phi) is 4.03. The maximum absolute atomic E-state index is 11.1. The van der Waals surface area contributed by atoms with E-state index in [0.29, 0.717) is 12.2 Å². The third kappa shape index (κ3) is 2.91. The molecule has 0 unspecified atom stereocenters. The third-order valence-corrected chi connectivity index (χ3v) is 4.57. The summed E-state index contributed by atoms with van der Waals surface area (Å²) in [5.41, 5.74) is 4.96. The van der Waals surface area contributed by atoms with Crippen LogP contribution in [0.15, 0.2) is 42.5 Å². The van der Waals surface area contributed by atoms with Crippen molar-refractivity contribution in [3.63, 3.8) is 0 Å². The Morgan fingerprint density at radius 3 is 2.48 bits per heavy atom. The average molecular weight is 327 g/mol. The molecular weight excluding hydrogens is 308 g/mol. The Labute approximate surface area is 141 Å². The summed E-state index contributed by atoms with van der Waals surface area (Å²) in [6.07, 6.45) is 0.867. The SMILES string of the molecule is CC1=C(c2ccc(Cl)cc2)C(C)(C)COc2ccc(C=O)cc21. The number of carbonyl (C=O) groups excluding carboxylic acids is 1. The zero-order chi connectivity index (χ0) is 16.6. The Morgan fingerprint density at radius 1 is 1.13 bits per heavy atom. The molecule has 1 aliphatic heterocycles. The van der Waals surface area contributed by atoms with Crippen molar-refractivity contribution in [1.82, 2.24) is 0 Å². The summed E-state index contributed by atoms with van der Waals surface area (Å²) in [7, 11) is 0. The fourth-order valence-electron chi connectivity index (χ4n) is 3.24. The Hall–Kier alpha value is -2.06. The van der Waals surface area contributed by atoms with Crippen molar-refractivity contribution in [2.24, 2.45) is 5.41 Å². The van der Waals surface area contributed by atoms with Crippen molar-refractivity contribution in [1.29, 1.82) is 0 Å². The molecule has 0 bridgehead atoms. The lowest BCUT2D eigenvalue weighted by atomic mass is 9.77. The van der Waals surface area contributed by atoms with E-state index in [9.17, 15) is 4.79 Å². The molecule has 1 aliphatic rings. The van der Waals surface area contributed by atoms with Gasteiger partial charge in [0, 0.05) is 21.6 Å². The molecule has 0 fully saturated rings. The number of hydrogen-bond acceptors (Lipinski definition) is 2. The van der Waals surface area contributed by atoms with E-state index in [-0.39, 0.29) is 5.41 Å². The zero-order valence-corrected chi connectivity index (χ0v) is 14.3. The first-order chi connectivity index (χ1) is 10.9. The second-order valence-corrected chi connectivity index (χ2v) is 6.99. The van der Waals surface area contributed by atoms with Crippen LogP contribution in [0.2, 0.25) is 5.02 Å². The lowest BCUT2D eigenvalue weighted by Gasteiger charge is -2.28. The predicted octanol–water partition coefficient (Wildman–Crippen LogP) is 5.50. The molecule has 118 valence electrons. The van der Waals surface area contributed by atoms with Crippen LogP contribution in [-0.4, -0.2) is 12.9 Å². The molecule has 0 saturated carbocycles. The molecule has 0 aromatic heterocycles. The van der Waals surface area contributed by atoms with Gasteiger partial charge in [-0.3, -0.25) is 4.79 Å². The summed E-state index contributed by atoms with van der Waals surface area (Å²) in [6.45, 7) is 7.02. The molecule has 2 nitrogen and oxygen atoms in total. The molecule has 0 saturated heterocycles. The number of hydrogen-bond donors (Lipinski definition) is 0. The van der Waals surface area contributed by atoms with Gasteiger partial charge in [-0.2, -0.15) is 0 Å². The minimum absolute atomic E-state index is 0.154. The minimum Gasteiger partial charge on any atom is -0.492 e. The molecule has 0 atom stereocenters. The van der Waals surface area contributed by atoms with Gasteiger partial charge in [0.2, 0.25) is 0 Å². The monoisotopic (exact) mass is 326 g/mol. The third-order valence-electron chi connectivity index (χ3n) is 4.32. The van der Waals surface area contributed by atoms with Crippen molar-refractivity contribution in [2.45, 2.75) is 20.8 Å². The van der Waals surface area contributed by atoms with Gasteiger partial charge in [0.25, 0.3) is 0 Å². The molecule has 1 heterocycles. The van der Waals surface area contributed by atoms with E-state index in [1.165, 1.54) is 5.57 Å². The van der Waals surface area contributed by atoms with E-state index in [1.807, 2.05) is 36.4 Å². The summed E-state index contributed by atoms with van der Waals surface area (Å²) in [6, 6.07) is 13.5. The largest absolute Gasteiger partial charge is 0.492 e. The standard InChI is InChI=1S/C20H19ClO2/c1-13-17-10-14(11-22)4-9-18(17)23-12-20(2,3)19(13)15-5-7-16(21)8-6-15/h4-11H,12H2,1-3H3.